The van der Waals surface area contributed by atoms with Crippen molar-refractivity contribution in [3.8, 4) is 0 Å². The number of hydrogen-bond acceptors (Lipinski definition) is 2. The first-order valence-electron chi connectivity index (χ1n) is 6.89. The largest absolute Gasteiger partial charge is 0.375 e. The zero-order valence-corrected chi connectivity index (χ0v) is 11.4. The minimum atomic E-state index is 0.0322. The predicted molar refractivity (Wildman–Crippen MR) is 73.3 cm³/mol. The van der Waals surface area contributed by atoms with Crippen LogP contribution in [-0.2, 0) is 4.79 Å². The summed E-state index contributed by atoms with van der Waals surface area (Å²) in [7, 11) is 0. The van der Waals surface area contributed by atoms with Crippen LogP contribution < -0.4 is 16.6 Å². The van der Waals surface area contributed by atoms with Gasteiger partial charge in [0.25, 0.3) is 0 Å². The molecule has 4 nitrogen and oxygen atoms in total. The molecule has 0 radical (unpaired) electrons. The van der Waals surface area contributed by atoms with Crippen LogP contribution in [0.1, 0.15) is 44.9 Å². The van der Waals surface area contributed by atoms with E-state index in [0.29, 0.717) is 6.42 Å². The third-order valence-corrected chi connectivity index (χ3v) is 5.13. The summed E-state index contributed by atoms with van der Waals surface area (Å²) in [5.41, 5.74) is 10.7. The minimum absolute atomic E-state index is 0.0322. The van der Waals surface area contributed by atoms with Crippen molar-refractivity contribution in [3.63, 3.8) is 0 Å². The number of nitrogens with two attached hydrogens (primary N) is 1. The molecule has 0 unspecified atom stereocenters. The number of hydrogen-bond donors (Lipinski definition) is 3. The van der Waals surface area contributed by atoms with Crippen LogP contribution in [0.4, 0.5) is 0 Å². The summed E-state index contributed by atoms with van der Waals surface area (Å²) in [6.45, 7) is 0. The molecule has 1 amide bonds. The fourth-order valence-electron chi connectivity index (χ4n) is 5.02. The Bertz CT molecular complexity index is 347. The lowest BCUT2D eigenvalue weighted by Gasteiger charge is -2.56. The molecular weight excluding hydrogens is 246 g/mol. The Morgan fingerprint density at radius 1 is 1.11 bits per heavy atom. The Hall–Kier alpha value is -0.840. The van der Waals surface area contributed by atoms with Gasteiger partial charge in [0.15, 0.2) is 5.11 Å². The van der Waals surface area contributed by atoms with Gasteiger partial charge in [-0.3, -0.25) is 15.6 Å². The van der Waals surface area contributed by atoms with E-state index in [4.69, 9.17) is 5.73 Å². The molecule has 5 heteroatoms. The molecule has 0 saturated heterocycles. The van der Waals surface area contributed by atoms with Crippen molar-refractivity contribution >= 4 is 23.2 Å². The molecule has 4 aliphatic carbocycles. The van der Waals surface area contributed by atoms with Gasteiger partial charge in [-0.15, -0.1) is 0 Å². The van der Waals surface area contributed by atoms with E-state index in [1.807, 2.05) is 0 Å². The van der Waals surface area contributed by atoms with E-state index in [2.05, 4.69) is 23.1 Å². The van der Waals surface area contributed by atoms with Gasteiger partial charge in [0.2, 0.25) is 5.91 Å². The van der Waals surface area contributed by atoms with Crippen LogP contribution in [0.15, 0.2) is 0 Å². The van der Waals surface area contributed by atoms with Crippen LogP contribution >= 0.6 is 12.2 Å². The molecule has 4 fully saturated rings. The lowest BCUT2D eigenvalue weighted by atomic mass is 9.49. The molecule has 4 rings (SSSR count). The zero-order valence-electron chi connectivity index (χ0n) is 10.6. The van der Waals surface area contributed by atoms with Crippen molar-refractivity contribution in [2.75, 3.05) is 0 Å². The van der Waals surface area contributed by atoms with Crippen LogP contribution in [-0.4, -0.2) is 11.0 Å². The van der Waals surface area contributed by atoms with Crippen LogP contribution in [0, 0.1) is 23.2 Å². The maximum atomic E-state index is 11.9. The predicted octanol–water partition coefficient (Wildman–Crippen LogP) is 1.46. The number of rotatable bonds is 2. The Morgan fingerprint density at radius 3 is 2.06 bits per heavy atom. The van der Waals surface area contributed by atoms with Gasteiger partial charge < -0.3 is 5.73 Å². The maximum absolute atomic E-state index is 11.9. The van der Waals surface area contributed by atoms with Crippen LogP contribution in [0.5, 0.6) is 0 Å². The molecule has 0 aromatic rings. The molecule has 0 atom stereocenters. The number of nitrogens with one attached hydrogen (secondary N) is 2. The second-order valence-corrected chi connectivity index (χ2v) is 7.07. The minimum Gasteiger partial charge on any atom is -0.375 e. The molecule has 0 heterocycles. The lowest BCUT2D eigenvalue weighted by molar-refractivity contribution is -0.129. The van der Waals surface area contributed by atoms with Crippen molar-refractivity contribution in [3.05, 3.63) is 0 Å². The first kappa shape index (κ1) is 12.2. The van der Waals surface area contributed by atoms with E-state index in [0.717, 1.165) is 17.8 Å². The summed E-state index contributed by atoms with van der Waals surface area (Å²) in [6, 6.07) is 0. The molecule has 4 bridgehead atoms. The van der Waals surface area contributed by atoms with Gasteiger partial charge >= 0.3 is 0 Å². The molecule has 100 valence electrons. The van der Waals surface area contributed by atoms with Gasteiger partial charge in [-0.2, -0.15) is 0 Å². The third-order valence-electron chi connectivity index (χ3n) is 5.03. The summed E-state index contributed by atoms with van der Waals surface area (Å²) in [5, 5.41) is 0.119. The number of thiocarbonyl (C=S) groups is 1. The molecule has 0 aliphatic heterocycles. The van der Waals surface area contributed by atoms with Crippen molar-refractivity contribution in [2.24, 2.45) is 28.9 Å². The van der Waals surface area contributed by atoms with E-state index < -0.39 is 0 Å². The van der Waals surface area contributed by atoms with Crippen LogP contribution in [0.3, 0.4) is 0 Å². The normalized spacial score (nSPS) is 40.6. The van der Waals surface area contributed by atoms with Crippen molar-refractivity contribution in [2.45, 2.75) is 44.9 Å². The van der Waals surface area contributed by atoms with Gasteiger partial charge in [-0.25, -0.2) is 0 Å². The van der Waals surface area contributed by atoms with Crippen molar-refractivity contribution in [1.29, 1.82) is 0 Å². The summed E-state index contributed by atoms with van der Waals surface area (Å²) in [5.74, 6) is 2.68. The second-order valence-electron chi connectivity index (χ2n) is 6.63. The van der Waals surface area contributed by atoms with Crippen molar-refractivity contribution < 1.29 is 4.79 Å². The molecule has 18 heavy (non-hydrogen) atoms. The first-order chi connectivity index (χ1) is 8.55. The molecular formula is C13H21N3OS. The molecule has 4 N–H and O–H groups in total. The zero-order chi connectivity index (χ0) is 12.8. The highest BCUT2D eigenvalue weighted by Gasteiger charge is 2.51. The fourth-order valence-corrected chi connectivity index (χ4v) is 5.07. The number of carbonyl (C=O) groups is 1. The molecule has 4 aliphatic rings. The van der Waals surface area contributed by atoms with E-state index >= 15 is 0 Å². The Morgan fingerprint density at radius 2 is 1.61 bits per heavy atom. The molecule has 0 aromatic carbocycles. The first-order valence-corrected chi connectivity index (χ1v) is 7.30. The smallest absolute Gasteiger partial charge is 0.238 e. The Labute approximate surface area is 113 Å². The average Bonchev–Trinajstić information content (AvgIpc) is 2.23. The van der Waals surface area contributed by atoms with Crippen LogP contribution in [0.25, 0.3) is 0 Å². The van der Waals surface area contributed by atoms with Gasteiger partial charge in [0.1, 0.15) is 0 Å². The third kappa shape index (κ3) is 2.32. The van der Waals surface area contributed by atoms with Crippen LogP contribution in [0.2, 0.25) is 0 Å². The second kappa shape index (κ2) is 4.37. The standard InChI is InChI=1S/C13H21N3OS/c14-12(18)16-15-11(17)7-13-4-8-1-9(5-13)3-10(2-8)6-13/h8-10H,1-7H2,(H,15,17)(H3,14,16,18). The quantitative estimate of drug-likeness (QED) is 0.523. The highest BCUT2D eigenvalue weighted by molar-refractivity contribution is 7.80. The van der Waals surface area contributed by atoms with E-state index in [-0.39, 0.29) is 16.4 Å². The van der Waals surface area contributed by atoms with Gasteiger partial charge in [-0.05, 0) is 73.9 Å². The summed E-state index contributed by atoms with van der Waals surface area (Å²) in [4.78, 5) is 11.9. The molecule has 0 aromatic heterocycles. The fraction of sp³-hybridized carbons (Fsp3) is 0.846. The Kier molecular flexibility index (Phi) is 2.96. The molecule has 4 saturated carbocycles. The highest BCUT2D eigenvalue weighted by Crippen LogP contribution is 2.61. The average molecular weight is 267 g/mol. The Balaban J connectivity index is 1.61. The summed E-state index contributed by atoms with van der Waals surface area (Å²) in [6.07, 6.45) is 8.61. The monoisotopic (exact) mass is 267 g/mol. The summed E-state index contributed by atoms with van der Waals surface area (Å²) >= 11 is 4.68. The maximum Gasteiger partial charge on any atom is 0.238 e. The number of amides is 1. The van der Waals surface area contributed by atoms with E-state index in [1.54, 1.807) is 0 Å². The van der Waals surface area contributed by atoms with Gasteiger partial charge in [-0.1, -0.05) is 0 Å². The topological polar surface area (TPSA) is 67.2 Å². The number of carbonyl (C=O) groups excluding carboxylic acids is 1. The molecule has 0 spiro atoms. The SMILES string of the molecule is NC(=S)NNC(=O)CC12CC3CC(CC(C3)C1)C2. The summed E-state index contributed by atoms with van der Waals surface area (Å²) < 4.78 is 0. The van der Waals surface area contributed by atoms with E-state index in [9.17, 15) is 4.79 Å². The van der Waals surface area contributed by atoms with Gasteiger partial charge in [0.05, 0.1) is 0 Å². The van der Waals surface area contributed by atoms with Gasteiger partial charge in [0, 0.05) is 6.42 Å². The van der Waals surface area contributed by atoms with Crippen molar-refractivity contribution in [1.82, 2.24) is 10.9 Å². The van der Waals surface area contributed by atoms with E-state index in [1.165, 1.54) is 38.5 Å². The number of hydrazine groups is 1. The highest BCUT2D eigenvalue weighted by atomic mass is 32.1. The lowest BCUT2D eigenvalue weighted by Crippen LogP contribution is -2.50.